The predicted molar refractivity (Wildman–Crippen MR) is 238 cm³/mol. The first-order valence-electron chi connectivity index (χ1n) is 21.1. The standard InChI is InChI=1S/C49H56N4O8/c1-31(2)60-48(55)50-38-17-19-43-41(27-38)37(25-34-15-16-35(47(54)59-6)26-46(34)58-5)30-53(43)22-10-9-21-52-29-36(24-33-14-13-32(3)23-45(33)57-4)42-28-39(18-20-44(42)52)51-49(56)61-40-11-7-8-12-40/h13-20,23,26-31,40H,7-12,21-22,24-25H2,1-6H3,(H,50,55)(H,51,56). The molecular weight excluding hydrogens is 773 g/mol. The molecule has 2 N–H and O–H groups in total. The van der Waals surface area contributed by atoms with Crippen molar-refractivity contribution in [2.75, 3.05) is 32.0 Å². The van der Waals surface area contributed by atoms with Crippen LogP contribution in [0.4, 0.5) is 21.0 Å². The number of hydrogen-bond donors (Lipinski definition) is 2. The molecular formula is C49H56N4O8. The van der Waals surface area contributed by atoms with E-state index in [0.717, 1.165) is 107 Å². The summed E-state index contributed by atoms with van der Waals surface area (Å²) in [6, 6.07) is 23.6. The second-order valence-corrected chi connectivity index (χ2v) is 16.1. The fraction of sp³-hybridized carbons (Fsp3) is 0.367. The number of unbranched alkanes of at least 4 members (excludes halogenated alkanes) is 1. The zero-order valence-corrected chi connectivity index (χ0v) is 36.0. The van der Waals surface area contributed by atoms with Crippen LogP contribution in [0.1, 0.15) is 90.5 Å². The Labute approximate surface area is 357 Å². The van der Waals surface area contributed by atoms with E-state index in [1.54, 1.807) is 26.4 Å². The summed E-state index contributed by atoms with van der Waals surface area (Å²) >= 11 is 0. The van der Waals surface area contributed by atoms with Crippen LogP contribution in [0.3, 0.4) is 0 Å². The first-order valence-corrected chi connectivity index (χ1v) is 21.1. The van der Waals surface area contributed by atoms with Crippen molar-refractivity contribution in [2.45, 2.75) is 97.4 Å². The van der Waals surface area contributed by atoms with E-state index in [1.807, 2.05) is 44.2 Å². The largest absolute Gasteiger partial charge is 0.496 e. The van der Waals surface area contributed by atoms with Crippen molar-refractivity contribution in [1.82, 2.24) is 9.13 Å². The number of amides is 2. The minimum absolute atomic E-state index is 0.0180. The number of aromatic nitrogens is 2. The Morgan fingerprint density at radius 3 is 1.75 bits per heavy atom. The van der Waals surface area contributed by atoms with Crippen LogP contribution in [0.25, 0.3) is 21.8 Å². The number of esters is 1. The Morgan fingerprint density at radius 2 is 1.21 bits per heavy atom. The first-order chi connectivity index (χ1) is 29.5. The first kappa shape index (κ1) is 42.7. The fourth-order valence-electron chi connectivity index (χ4n) is 8.32. The number of nitrogens with one attached hydrogen (secondary N) is 2. The fourth-order valence-corrected chi connectivity index (χ4v) is 8.32. The summed E-state index contributed by atoms with van der Waals surface area (Å²) in [5.74, 6) is 1.01. The molecule has 0 atom stereocenters. The molecule has 0 aliphatic heterocycles. The van der Waals surface area contributed by atoms with Crippen molar-refractivity contribution in [3.63, 3.8) is 0 Å². The number of ether oxygens (including phenoxy) is 5. The van der Waals surface area contributed by atoms with Crippen molar-refractivity contribution in [3.8, 4) is 11.5 Å². The highest BCUT2D eigenvalue weighted by molar-refractivity contribution is 5.94. The number of methoxy groups -OCH3 is 3. The molecule has 2 heterocycles. The van der Waals surface area contributed by atoms with Gasteiger partial charge in [0.15, 0.2) is 0 Å². The molecule has 1 fully saturated rings. The molecule has 0 unspecified atom stereocenters. The monoisotopic (exact) mass is 828 g/mol. The van der Waals surface area contributed by atoms with Crippen molar-refractivity contribution in [1.29, 1.82) is 0 Å². The molecule has 0 bridgehead atoms. The quantitative estimate of drug-likeness (QED) is 0.0560. The SMILES string of the molecule is COC(=O)c1ccc(Cc2cn(CCCCn3cc(Cc4ccc(C)cc4OC)c4cc(NC(=O)OC5CCCC5)ccc43)c3ccc(NC(=O)OC(C)C)cc23)c(OC)c1. The second-order valence-electron chi connectivity index (χ2n) is 16.1. The lowest BCUT2D eigenvalue weighted by atomic mass is 10.0. The molecule has 1 aliphatic rings. The van der Waals surface area contributed by atoms with Crippen LogP contribution >= 0.6 is 0 Å². The maximum absolute atomic E-state index is 12.8. The van der Waals surface area contributed by atoms with Gasteiger partial charge >= 0.3 is 18.2 Å². The van der Waals surface area contributed by atoms with Gasteiger partial charge in [0.2, 0.25) is 0 Å². The van der Waals surface area contributed by atoms with Gasteiger partial charge in [-0.05, 0) is 142 Å². The van der Waals surface area contributed by atoms with E-state index < -0.39 is 18.2 Å². The molecule has 2 aromatic heterocycles. The van der Waals surface area contributed by atoms with E-state index >= 15 is 0 Å². The molecule has 6 aromatic rings. The summed E-state index contributed by atoms with van der Waals surface area (Å²) in [7, 11) is 4.65. The Balaban J connectivity index is 1.12. The number of anilines is 2. The molecule has 2 amide bonds. The molecule has 12 nitrogen and oxygen atoms in total. The molecule has 0 saturated heterocycles. The third-order valence-corrected chi connectivity index (χ3v) is 11.3. The van der Waals surface area contributed by atoms with E-state index in [-0.39, 0.29) is 12.2 Å². The van der Waals surface area contributed by atoms with Crippen molar-refractivity contribution < 1.29 is 38.1 Å². The second kappa shape index (κ2) is 19.3. The van der Waals surface area contributed by atoms with Crippen molar-refractivity contribution in [3.05, 3.63) is 119 Å². The number of nitrogens with zero attached hydrogens (tertiary/aromatic N) is 2. The topological polar surface area (TPSA) is 131 Å². The van der Waals surface area contributed by atoms with Crippen LogP contribution in [0, 0.1) is 6.92 Å². The molecule has 1 saturated carbocycles. The van der Waals surface area contributed by atoms with E-state index in [0.29, 0.717) is 35.5 Å². The third kappa shape index (κ3) is 10.3. The van der Waals surface area contributed by atoms with Gasteiger partial charge in [-0.2, -0.15) is 0 Å². The molecule has 0 radical (unpaired) electrons. The lowest BCUT2D eigenvalue weighted by Crippen LogP contribution is -2.20. The highest BCUT2D eigenvalue weighted by Crippen LogP contribution is 2.33. The number of fused-ring (bicyclic) bond motifs is 2. The molecule has 0 spiro atoms. The highest BCUT2D eigenvalue weighted by atomic mass is 16.6. The van der Waals surface area contributed by atoms with Gasteiger partial charge in [-0.3, -0.25) is 10.6 Å². The summed E-state index contributed by atoms with van der Waals surface area (Å²) in [5, 5.41) is 7.91. The summed E-state index contributed by atoms with van der Waals surface area (Å²) in [5.41, 5.74) is 9.20. The summed E-state index contributed by atoms with van der Waals surface area (Å²) in [6.07, 6.45) is 10.2. The molecule has 7 rings (SSSR count). The molecule has 61 heavy (non-hydrogen) atoms. The molecule has 12 heteroatoms. The van der Waals surface area contributed by atoms with Crippen LogP contribution in [0.15, 0.2) is 85.2 Å². The van der Waals surface area contributed by atoms with Crippen LogP contribution in [0.2, 0.25) is 0 Å². The zero-order chi connectivity index (χ0) is 43.0. The van der Waals surface area contributed by atoms with E-state index in [4.69, 9.17) is 23.7 Å². The Kier molecular flexibility index (Phi) is 13.5. The number of benzene rings is 4. The molecule has 1 aliphatic carbocycles. The van der Waals surface area contributed by atoms with Crippen molar-refractivity contribution in [2.24, 2.45) is 0 Å². The zero-order valence-electron chi connectivity index (χ0n) is 36.0. The highest BCUT2D eigenvalue weighted by Gasteiger charge is 2.21. The maximum Gasteiger partial charge on any atom is 0.411 e. The molecule has 4 aromatic carbocycles. The van der Waals surface area contributed by atoms with Gasteiger partial charge in [0.1, 0.15) is 17.6 Å². The Morgan fingerprint density at radius 1 is 0.672 bits per heavy atom. The third-order valence-electron chi connectivity index (χ3n) is 11.3. The summed E-state index contributed by atoms with van der Waals surface area (Å²) in [6.45, 7) is 7.24. The van der Waals surface area contributed by atoms with E-state index in [2.05, 4.69) is 69.4 Å². The average Bonchev–Trinajstić information content (AvgIpc) is 3.97. The van der Waals surface area contributed by atoms with Gasteiger partial charge in [0, 0.05) is 71.5 Å². The number of aryl methyl sites for hydroxylation is 3. The number of carbonyl (C=O) groups is 3. The predicted octanol–water partition coefficient (Wildman–Crippen LogP) is 10.8. The number of rotatable bonds is 16. The normalized spacial score (nSPS) is 12.8. The van der Waals surface area contributed by atoms with Gasteiger partial charge in [-0.15, -0.1) is 0 Å². The minimum Gasteiger partial charge on any atom is -0.496 e. The van der Waals surface area contributed by atoms with Crippen LogP contribution in [0.5, 0.6) is 11.5 Å². The van der Waals surface area contributed by atoms with Gasteiger partial charge in [0.25, 0.3) is 0 Å². The lowest BCUT2D eigenvalue weighted by Gasteiger charge is -2.13. The van der Waals surface area contributed by atoms with E-state index in [1.165, 1.54) is 7.11 Å². The van der Waals surface area contributed by atoms with Crippen molar-refractivity contribution >= 4 is 51.3 Å². The van der Waals surface area contributed by atoms with E-state index in [9.17, 15) is 14.4 Å². The average molecular weight is 829 g/mol. The number of hydrogen-bond acceptors (Lipinski definition) is 8. The molecule has 320 valence electrons. The van der Waals surface area contributed by atoms with Gasteiger partial charge in [-0.1, -0.05) is 18.2 Å². The Hall–Kier alpha value is -6.43. The lowest BCUT2D eigenvalue weighted by molar-refractivity contribution is 0.0600. The van der Waals surface area contributed by atoms with Gasteiger partial charge in [-0.25, -0.2) is 14.4 Å². The van der Waals surface area contributed by atoms with Gasteiger partial charge < -0.3 is 32.8 Å². The summed E-state index contributed by atoms with van der Waals surface area (Å²) < 4.78 is 32.0. The Bertz CT molecular complexity index is 2530. The number of carbonyl (C=O) groups excluding carboxylic acids is 3. The van der Waals surface area contributed by atoms with Gasteiger partial charge in [0.05, 0.1) is 33.0 Å². The van der Waals surface area contributed by atoms with Crippen LogP contribution in [-0.2, 0) is 40.1 Å². The van der Waals surface area contributed by atoms with Crippen LogP contribution in [-0.4, -0.2) is 60.8 Å². The summed E-state index contributed by atoms with van der Waals surface area (Å²) in [4.78, 5) is 37.6. The smallest absolute Gasteiger partial charge is 0.411 e. The minimum atomic E-state index is -0.511. The van der Waals surface area contributed by atoms with Crippen LogP contribution < -0.4 is 20.1 Å². The maximum atomic E-state index is 12.8.